The van der Waals surface area contributed by atoms with Crippen LogP contribution in [0.4, 0.5) is 4.39 Å². The summed E-state index contributed by atoms with van der Waals surface area (Å²) < 4.78 is 23.5. The lowest BCUT2D eigenvalue weighted by atomic mass is 10.1. The van der Waals surface area contributed by atoms with Gasteiger partial charge < -0.3 is 25.1 Å². The molecular formula is C18H28FIN4O2. The van der Waals surface area contributed by atoms with Crippen molar-refractivity contribution in [3.63, 3.8) is 0 Å². The van der Waals surface area contributed by atoms with Gasteiger partial charge in [-0.1, -0.05) is 0 Å². The number of hydrogen-bond donors (Lipinski definition) is 3. The predicted molar refractivity (Wildman–Crippen MR) is 114 cm³/mol. The van der Waals surface area contributed by atoms with Crippen molar-refractivity contribution in [1.29, 1.82) is 0 Å². The van der Waals surface area contributed by atoms with Crippen LogP contribution in [0.15, 0.2) is 29.4 Å². The number of benzene rings is 1. The molecule has 146 valence electrons. The van der Waals surface area contributed by atoms with Crippen LogP contribution < -0.4 is 10.6 Å². The van der Waals surface area contributed by atoms with Crippen molar-refractivity contribution < 1.29 is 13.9 Å². The monoisotopic (exact) mass is 478 g/mol. The summed E-state index contributed by atoms with van der Waals surface area (Å²) in [5, 5.41) is 7.60. The first-order valence-corrected chi connectivity index (χ1v) is 8.51. The van der Waals surface area contributed by atoms with E-state index in [4.69, 9.17) is 9.47 Å². The van der Waals surface area contributed by atoms with Gasteiger partial charge in [-0.15, -0.1) is 24.0 Å². The number of H-pyrrole nitrogens is 1. The molecule has 0 aliphatic rings. The fraction of sp³-hybridized carbons (Fsp3) is 0.500. The SMILES string of the molecule is CN=C(NCCCOCCOC)NCCc1c[nH]c2cc(F)ccc12.I. The molecule has 1 heterocycles. The summed E-state index contributed by atoms with van der Waals surface area (Å²) in [6.07, 6.45) is 3.66. The van der Waals surface area contributed by atoms with Gasteiger partial charge in [-0.3, -0.25) is 4.99 Å². The number of aromatic amines is 1. The first kappa shape index (κ1) is 22.7. The highest BCUT2D eigenvalue weighted by Gasteiger charge is 2.05. The number of rotatable bonds is 10. The van der Waals surface area contributed by atoms with Crippen LogP contribution >= 0.6 is 24.0 Å². The Morgan fingerprint density at radius 2 is 2.00 bits per heavy atom. The average Bonchev–Trinajstić information content (AvgIpc) is 3.01. The molecule has 1 aromatic carbocycles. The third-order valence-corrected chi connectivity index (χ3v) is 3.83. The van der Waals surface area contributed by atoms with Gasteiger partial charge in [0.25, 0.3) is 0 Å². The summed E-state index contributed by atoms with van der Waals surface area (Å²) in [5.74, 6) is 0.539. The first-order chi connectivity index (χ1) is 12.2. The zero-order valence-corrected chi connectivity index (χ0v) is 17.6. The number of halogens is 2. The van der Waals surface area contributed by atoms with Crippen molar-refractivity contribution >= 4 is 40.8 Å². The van der Waals surface area contributed by atoms with Crippen molar-refractivity contribution in [1.82, 2.24) is 15.6 Å². The van der Waals surface area contributed by atoms with Gasteiger partial charge >= 0.3 is 0 Å². The lowest BCUT2D eigenvalue weighted by molar-refractivity contribution is 0.0698. The Kier molecular flexibility index (Phi) is 11.2. The fourth-order valence-electron chi connectivity index (χ4n) is 2.53. The van der Waals surface area contributed by atoms with Crippen molar-refractivity contribution in [2.24, 2.45) is 4.99 Å². The van der Waals surface area contributed by atoms with E-state index in [1.54, 1.807) is 14.2 Å². The van der Waals surface area contributed by atoms with Gasteiger partial charge in [0.15, 0.2) is 5.96 Å². The standard InChI is InChI=1S/C18H27FN4O2.HI/c1-20-18(21-7-3-9-25-11-10-24-2)22-8-6-14-13-23-17-12-15(19)4-5-16(14)17;/h4-5,12-13,23H,3,6-11H2,1-2H3,(H2,20,21,22);1H. The predicted octanol–water partition coefficient (Wildman–Crippen LogP) is 2.69. The van der Waals surface area contributed by atoms with Crippen LogP contribution in [-0.4, -0.2) is 58.0 Å². The summed E-state index contributed by atoms with van der Waals surface area (Å²) in [6.45, 7) is 3.47. The lowest BCUT2D eigenvalue weighted by Crippen LogP contribution is -2.39. The number of nitrogens with zero attached hydrogens (tertiary/aromatic N) is 1. The maximum Gasteiger partial charge on any atom is 0.190 e. The Balaban J connectivity index is 0.00000338. The molecule has 0 unspecified atom stereocenters. The van der Waals surface area contributed by atoms with Crippen LogP contribution in [0.3, 0.4) is 0 Å². The van der Waals surface area contributed by atoms with Gasteiger partial charge in [0.1, 0.15) is 5.82 Å². The third kappa shape index (κ3) is 7.46. The molecule has 0 saturated heterocycles. The summed E-state index contributed by atoms with van der Waals surface area (Å²) >= 11 is 0. The number of fused-ring (bicyclic) bond motifs is 1. The number of nitrogens with one attached hydrogen (secondary N) is 3. The van der Waals surface area contributed by atoms with Crippen LogP contribution in [0.2, 0.25) is 0 Å². The molecule has 26 heavy (non-hydrogen) atoms. The van der Waals surface area contributed by atoms with E-state index < -0.39 is 0 Å². The van der Waals surface area contributed by atoms with E-state index in [-0.39, 0.29) is 29.8 Å². The Bertz CT molecular complexity index is 678. The molecular weight excluding hydrogens is 450 g/mol. The molecule has 0 spiro atoms. The van der Waals surface area contributed by atoms with E-state index in [2.05, 4.69) is 20.6 Å². The molecule has 1 aromatic heterocycles. The van der Waals surface area contributed by atoms with E-state index in [9.17, 15) is 4.39 Å². The Morgan fingerprint density at radius 1 is 1.19 bits per heavy atom. The van der Waals surface area contributed by atoms with Crippen LogP contribution in [0.5, 0.6) is 0 Å². The van der Waals surface area contributed by atoms with Gasteiger partial charge in [0, 0.05) is 51.0 Å². The molecule has 2 aromatic rings. The minimum atomic E-state index is -0.227. The Morgan fingerprint density at radius 3 is 2.77 bits per heavy atom. The third-order valence-electron chi connectivity index (χ3n) is 3.83. The number of aliphatic imine (C=N–C) groups is 1. The Hall–Kier alpha value is -1.39. The summed E-state index contributed by atoms with van der Waals surface area (Å²) in [5.41, 5.74) is 1.98. The average molecular weight is 478 g/mol. The zero-order chi connectivity index (χ0) is 17.9. The molecule has 0 aliphatic carbocycles. The van der Waals surface area contributed by atoms with Crippen LogP contribution in [-0.2, 0) is 15.9 Å². The second-order valence-electron chi connectivity index (χ2n) is 5.64. The normalized spacial score (nSPS) is 11.4. The van der Waals surface area contributed by atoms with E-state index in [0.29, 0.717) is 19.8 Å². The minimum Gasteiger partial charge on any atom is -0.382 e. The van der Waals surface area contributed by atoms with E-state index in [1.807, 2.05) is 12.3 Å². The maximum atomic E-state index is 13.2. The molecule has 3 N–H and O–H groups in total. The minimum absolute atomic E-state index is 0. The quantitative estimate of drug-likeness (QED) is 0.213. The number of ether oxygens (including phenoxy) is 2. The second-order valence-corrected chi connectivity index (χ2v) is 5.64. The molecule has 0 fully saturated rings. The molecule has 8 heteroatoms. The molecule has 0 atom stereocenters. The maximum absolute atomic E-state index is 13.2. The zero-order valence-electron chi connectivity index (χ0n) is 15.3. The molecule has 0 radical (unpaired) electrons. The lowest BCUT2D eigenvalue weighted by Gasteiger charge is -2.11. The number of hydrogen-bond acceptors (Lipinski definition) is 3. The van der Waals surface area contributed by atoms with Gasteiger partial charge in [-0.05, 0) is 36.6 Å². The fourth-order valence-corrected chi connectivity index (χ4v) is 2.53. The van der Waals surface area contributed by atoms with Gasteiger partial charge in [0.05, 0.1) is 13.2 Å². The number of guanidine groups is 1. The highest BCUT2D eigenvalue weighted by atomic mass is 127. The topological polar surface area (TPSA) is 70.7 Å². The van der Waals surface area contributed by atoms with E-state index in [0.717, 1.165) is 48.4 Å². The molecule has 0 amide bonds. The van der Waals surface area contributed by atoms with Gasteiger partial charge in [-0.2, -0.15) is 0 Å². The molecule has 6 nitrogen and oxygen atoms in total. The van der Waals surface area contributed by atoms with E-state index in [1.165, 1.54) is 12.1 Å². The largest absolute Gasteiger partial charge is 0.382 e. The Labute approximate surface area is 171 Å². The van der Waals surface area contributed by atoms with Crippen LogP contribution in [0.1, 0.15) is 12.0 Å². The van der Waals surface area contributed by atoms with Crippen molar-refractivity contribution in [3.05, 3.63) is 35.8 Å². The van der Waals surface area contributed by atoms with Crippen molar-refractivity contribution in [3.8, 4) is 0 Å². The van der Waals surface area contributed by atoms with Crippen molar-refractivity contribution in [2.75, 3.05) is 47.1 Å². The molecule has 0 aliphatic heterocycles. The van der Waals surface area contributed by atoms with Crippen LogP contribution in [0, 0.1) is 5.82 Å². The highest BCUT2D eigenvalue weighted by molar-refractivity contribution is 14.0. The summed E-state index contributed by atoms with van der Waals surface area (Å²) in [7, 11) is 3.41. The summed E-state index contributed by atoms with van der Waals surface area (Å²) in [4.78, 5) is 7.31. The second kappa shape index (κ2) is 12.9. The smallest absolute Gasteiger partial charge is 0.190 e. The molecule has 0 saturated carbocycles. The first-order valence-electron chi connectivity index (χ1n) is 8.51. The molecule has 2 rings (SSSR count). The van der Waals surface area contributed by atoms with Gasteiger partial charge in [-0.25, -0.2) is 4.39 Å². The van der Waals surface area contributed by atoms with Gasteiger partial charge in [0.2, 0.25) is 0 Å². The van der Waals surface area contributed by atoms with Crippen molar-refractivity contribution in [2.45, 2.75) is 12.8 Å². The summed E-state index contributed by atoms with van der Waals surface area (Å²) in [6, 6.07) is 4.82. The number of aromatic nitrogens is 1. The van der Waals surface area contributed by atoms with E-state index >= 15 is 0 Å². The molecule has 0 bridgehead atoms. The highest BCUT2D eigenvalue weighted by Crippen LogP contribution is 2.19. The van der Waals surface area contributed by atoms with Crippen LogP contribution in [0.25, 0.3) is 10.9 Å². The number of methoxy groups -OCH3 is 1.